The van der Waals surface area contributed by atoms with E-state index in [1.807, 2.05) is 0 Å². The minimum atomic E-state index is -0.583. The fourth-order valence-corrected chi connectivity index (χ4v) is 4.51. The van der Waals surface area contributed by atoms with Crippen molar-refractivity contribution in [2.75, 3.05) is 6.61 Å². The molecule has 2 aromatic heterocycles. The summed E-state index contributed by atoms with van der Waals surface area (Å²) in [6.45, 7) is 0.997. The first-order valence-electron chi connectivity index (χ1n) is 11.4. The summed E-state index contributed by atoms with van der Waals surface area (Å²) in [5.74, 6) is -0.917. The van der Waals surface area contributed by atoms with E-state index < -0.39 is 5.91 Å². The quantitative estimate of drug-likeness (QED) is 0.600. The van der Waals surface area contributed by atoms with E-state index in [1.165, 1.54) is 18.3 Å². The SMILES string of the molecule is NC(=O)c1cc2c(nc1OC1CCC(NC(=O)c3cnc4ccc(F)cc4c3)CC1)CCOC2. The maximum absolute atomic E-state index is 13.5. The lowest BCUT2D eigenvalue weighted by molar-refractivity contribution is 0.0875. The van der Waals surface area contributed by atoms with E-state index in [4.69, 9.17) is 15.2 Å². The monoisotopic (exact) mass is 464 g/mol. The molecule has 1 aliphatic carbocycles. The Hall–Kier alpha value is -3.59. The summed E-state index contributed by atoms with van der Waals surface area (Å²) in [7, 11) is 0. The predicted octanol–water partition coefficient (Wildman–Crippen LogP) is 3.06. The van der Waals surface area contributed by atoms with Crippen LogP contribution in [0.15, 0.2) is 36.5 Å². The van der Waals surface area contributed by atoms with Crippen molar-refractivity contribution in [2.45, 2.75) is 50.9 Å². The van der Waals surface area contributed by atoms with Crippen LogP contribution in [0.3, 0.4) is 0 Å². The average molecular weight is 464 g/mol. The lowest BCUT2D eigenvalue weighted by Crippen LogP contribution is -2.40. The molecule has 0 bridgehead atoms. The van der Waals surface area contributed by atoms with Crippen molar-refractivity contribution in [1.82, 2.24) is 15.3 Å². The molecule has 2 aliphatic rings. The molecule has 0 unspecified atom stereocenters. The highest BCUT2D eigenvalue weighted by Gasteiger charge is 2.27. The van der Waals surface area contributed by atoms with Crippen LogP contribution in [0, 0.1) is 5.82 Å². The Bertz CT molecular complexity index is 1260. The molecule has 0 saturated heterocycles. The second kappa shape index (κ2) is 9.34. The Balaban J connectivity index is 1.21. The van der Waals surface area contributed by atoms with E-state index in [2.05, 4.69) is 15.3 Å². The van der Waals surface area contributed by atoms with Crippen molar-refractivity contribution in [2.24, 2.45) is 5.73 Å². The number of halogens is 1. The van der Waals surface area contributed by atoms with Crippen molar-refractivity contribution in [1.29, 1.82) is 0 Å². The summed E-state index contributed by atoms with van der Waals surface area (Å²) in [4.78, 5) is 33.5. The number of hydrogen-bond acceptors (Lipinski definition) is 6. The number of nitrogens with one attached hydrogen (secondary N) is 1. The molecule has 2 amide bonds. The highest BCUT2D eigenvalue weighted by molar-refractivity contribution is 5.97. The smallest absolute Gasteiger partial charge is 0.254 e. The fraction of sp³-hybridized carbons (Fsp3) is 0.360. The zero-order chi connectivity index (χ0) is 23.7. The minimum Gasteiger partial charge on any atom is -0.474 e. The van der Waals surface area contributed by atoms with Gasteiger partial charge in [-0.2, -0.15) is 0 Å². The third-order valence-corrected chi connectivity index (χ3v) is 6.36. The van der Waals surface area contributed by atoms with Crippen LogP contribution in [0.1, 0.15) is 57.7 Å². The maximum Gasteiger partial charge on any atom is 0.254 e. The topological polar surface area (TPSA) is 116 Å². The molecule has 3 heterocycles. The molecule has 3 aromatic rings. The number of amides is 2. The number of rotatable bonds is 5. The predicted molar refractivity (Wildman–Crippen MR) is 122 cm³/mol. The first-order valence-corrected chi connectivity index (χ1v) is 11.4. The third kappa shape index (κ3) is 4.70. The maximum atomic E-state index is 13.5. The molecule has 1 aliphatic heterocycles. The third-order valence-electron chi connectivity index (χ3n) is 6.36. The Labute approximate surface area is 195 Å². The van der Waals surface area contributed by atoms with Gasteiger partial charge in [0.25, 0.3) is 11.8 Å². The Kier molecular flexibility index (Phi) is 6.10. The number of aromatic nitrogens is 2. The Morgan fingerprint density at radius 2 is 1.97 bits per heavy atom. The van der Waals surface area contributed by atoms with Crippen LogP contribution in [-0.4, -0.2) is 40.5 Å². The van der Waals surface area contributed by atoms with Crippen LogP contribution in [0.5, 0.6) is 5.88 Å². The van der Waals surface area contributed by atoms with Crippen LogP contribution < -0.4 is 15.8 Å². The van der Waals surface area contributed by atoms with Crippen molar-refractivity contribution in [3.05, 3.63) is 64.7 Å². The first kappa shape index (κ1) is 22.2. The lowest BCUT2D eigenvalue weighted by Gasteiger charge is -2.30. The largest absolute Gasteiger partial charge is 0.474 e. The van der Waals surface area contributed by atoms with Gasteiger partial charge in [0.15, 0.2) is 0 Å². The number of carbonyl (C=O) groups excluding carboxylic acids is 2. The number of carbonyl (C=O) groups is 2. The van der Waals surface area contributed by atoms with Gasteiger partial charge in [-0.05, 0) is 56.0 Å². The van der Waals surface area contributed by atoms with Crippen LogP contribution in [0.25, 0.3) is 10.9 Å². The molecule has 34 heavy (non-hydrogen) atoms. The lowest BCUT2D eigenvalue weighted by atomic mass is 9.92. The molecular weight excluding hydrogens is 439 g/mol. The van der Waals surface area contributed by atoms with Gasteiger partial charge >= 0.3 is 0 Å². The molecule has 0 spiro atoms. The number of primary amides is 1. The van der Waals surface area contributed by atoms with Gasteiger partial charge in [0.1, 0.15) is 17.5 Å². The van der Waals surface area contributed by atoms with E-state index in [-0.39, 0.29) is 35.3 Å². The van der Waals surface area contributed by atoms with Crippen molar-refractivity contribution in [3.8, 4) is 5.88 Å². The summed E-state index contributed by atoms with van der Waals surface area (Å²) in [5, 5.41) is 3.62. The van der Waals surface area contributed by atoms with Gasteiger partial charge in [0, 0.05) is 29.6 Å². The summed E-state index contributed by atoms with van der Waals surface area (Å²) in [5.41, 5.74) is 8.58. The molecule has 1 saturated carbocycles. The van der Waals surface area contributed by atoms with Crippen molar-refractivity contribution < 1.29 is 23.5 Å². The molecule has 0 radical (unpaired) electrons. The summed E-state index contributed by atoms with van der Waals surface area (Å²) in [6, 6.07) is 7.64. The second-order valence-electron chi connectivity index (χ2n) is 8.74. The zero-order valence-electron chi connectivity index (χ0n) is 18.6. The van der Waals surface area contributed by atoms with Gasteiger partial charge in [-0.15, -0.1) is 0 Å². The number of fused-ring (bicyclic) bond motifs is 2. The molecule has 176 valence electrons. The van der Waals surface area contributed by atoms with E-state index >= 15 is 0 Å². The molecule has 9 heteroatoms. The number of ether oxygens (including phenoxy) is 2. The van der Waals surface area contributed by atoms with Gasteiger partial charge < -0.3 is 20.5 Å². The average Bonchev–Trinajstić information content (AvgIpc) is 2.84. The Morgan fingerprint density at radius 3 is 2.76 bits per heavy atom. The molecular formula is C25H25FN4O4. The molecule has 8 nitrogen and oxygen atoms in total. The molecule has 0 atom stereocenters. The minimum absolute atomic E-state index is 0.0141. The second-order valence-corrected chi connectivity index (χ2v) is 8.74. The summed E-state index contributed by atoms with van der Waals surface area (Å²) < 4.78 is 25.0. The van der Waals surface area contributed by atoms with Gasteiger partial charge in [0.05, 0.1) is 30.0 Å². The van der Waals surface area contributed by atoms with Gasteiger partial charge in [-0.25, -0.2) is 9.37 Å². The zero-order valence-corrected chi connectivity index (χ0v) is 18.6. The van der Waals surface area contributed by atoms with E-state index in [0.717, 1.165) is 24.1 Å². The number of benzene rings is 1. The van der Waals surface area contributed by atoms with Crippen LogP contribution in [-0.2, 0) is 17.8 Å². The van der Waals surface area contributed by atoms with E-state index in [1.54, 1.807) is 18.2 Å². The fourth-order valence-electron chi connectivity index (χ4n) is 4.51. The molecule has 1 fully saturated rings. The van der Waals surface area contributed by atoms with Crippen molar-refractivity contribution in [3.63, 3.8) is 0 Å². The number of nitrogens with two attached hydrogens (primary N) is 1. The number of nitrogens with zero attached hydrogens (tertiary/aromatic N) is 2. The standard InChI is InChI=1S/C25H25FN4O4/c26-17-1-6-21-14(10-17)9-15(12-28-21)24(32)29-18-2-4-19(5-3-18)34-25-20(23(27)31)11-16-13-33-8-7-22(16)30-25/h1,6,9-12,18-19H,2-5,7-8,13H2,(H2,27,31)(H,29,32). The summed E-state index contributed by atoms with van der Waals surface area (Å²) >= 11 is 0. The summed E-state index contributed by atoms with van der Waals surface area (Å²) in [6.07, 6.45) is 4.88. The van der Waals surface area contributed by atoms with Gasteiger partial charge in [-0.1, -0.05) is 0 Å². The number of hydrogen-bond donors (Lipinski definition) is 2. The normalized spacial score (nSPS) is 19.9. The number of pyridine rings is 2. The van der Waals surface area contributed by atoms with Crippen LogP contribution >= 0.6 is 0 Å². The first-order chi connectivity index (χ1) is 16.5. The van der Waals surface area contributed by atoms with Gasteiger partial charge in [-0.3, -0.25) is 14.6 Å². The Morgan fingerprint density at radius 1 is 1.15 bits per heavy atom. The molecule has 3 N–H and O–H groups in total. The van der Waals surface area contributed by atoms with Crippen LogP contribution in [0.4, 0.5) is 4.39 Å². The van der Waals surface area contributed by atoms with E-state index in [0.29, 0.717) is 48.9 Å². The molecule has 5 rings (SSSR count). The van der Waals surface area contributed by atoms with Gasteiger partial charge in [0.2, 0.25) is 5.88 Å². The highest BCUT2D eigenvalue weighted by Crippen LogP contribution is 2.28. The van der Waals surface area contributed by atoms with E-state index in [9.17, 15) is 14.0 Å². The van der Waals surface area contributed by atoms with Crippen molar-refractivity contribution >= 4 is 22.7 Å². The molecule has 1 aromatic carbocycles. The highest BCUT2D eigenvalue weighted by atomic mass is 19.1. The van der Waals surface area contributed by atoms with Crippen LogP contribution in [0.2, 0.25) is 0 Å².